The molecule has 4 nitrogen and oxygen atoms in total. The summed E-state index contributed by atoms with van der Waals surface area (Å²) in [5.41, 5.74) is 0.494. The number of aromatic nitrogens is 3. The van der Waals surface area contributed by atoms with E-state index in [9.17, 15) is 4.79 Å². The quantitative estimate of drug-likeness (QED) is 0.514. The first-order chi connectivity index (χ1) is 6.58. The van der Waals surface area contributed by atoms with Gasteiger partial charge in [0, 0.05) is 6.07 Å². The number of nitrogens with one attached hydrogen (secondary N) is 1. The Bertz CT molecular complexity index is 562. The van der Waals surface area contributed by atoms with Crippen molar-refractivity contribution in [1.82, 2.24) is 9.97 Å². The monoisotopic (exact) mass is 210 g/mol. The number of nitrogens with zero attached hydrogens (tertiary/aromatic N) is 2. The van der Waals surface area contributed by atoms with Gasteiger partial charge in [-0.1, -0.05) is 0 Å². The number of hydrogen-bond donors (Lipinski definition) is 1. The molecule has 0 unspecified atom stereocenters. The van der Waals surface area contributed by atoms with Gasteiger partial charge in [0.15, 0.2) is 6.20 Å². The number of fused-ring (bicyclic) bond motifs is 1. The normalized spacial score (nSPS) is 10.8. The molecule has 0 aliphatic heterocycles. The molecule has 0 saturated heterocycles. The fourth-order valence-electron chi connectivity index (χ4n) is 1.32. The summed E-state index contributed by atoms with van der Waals surface area (Å²) in [6.07, 6.45) is 1.74. The summed E-state index contributed by atoms with van der Waals surface area (Å²) in [6.45, 7) is 1.75. The van der Waals surface area contributed by atoms with E-state index in [0.717, 1.165) is 0 Å². The van der Waals surface area contributed by atoms with Crippen LogP contribution in [0.1, 0.15) is 5.82 Å². The Hall–Kier alpha value is -1.42. The molecule has 0 aliphatic carbocycles. The first-order valence-electron chi connectivity index (χ1n) is 4.14. The molecule has 0 aromatic carbocycles. The fourth-order valence-corrected chi connectivity index (χ4v) is 1.48. The number of pyridine rings is 1. The zero-order valence-electron chi connectivity index (χ0n) is 7.84. The topological polar surface area (TPSA) is 49.6 Å². The number of aryl methyl sites for hydroxylation is 2. The number of halogens is 1. The zero-order valence-corrected chi connectivity index (χ0v) is 8.59. The van der Waals surface area contributed by atoms with Crippen molar-refractivity contribution in [1.29, 1.82) is 0 Å². The Morgan fingerprint density at radius 3 is 3.00 bits per heavy atom. The van der Waals surface area contributed by atoms with Crippen molar-refractivity contribution in [2.24, 2.45) is 7.05 Å². The molecule has 0 amide bonds. The third-order valence-electron chi connectivity index (χ3n) is 2.02. The van der Waals surface area contributed by atoms with Crippen molar-refractivity contribution in [3.8, 4) is 0 Å². The van der Waals surface area contributed by atoms with Crippen molar-refractivity contribution in [3.63, 3.8) is 0 Å². The molecule has 2 rings (SSSR count). The Morgan fingerprint density at radius 2 is 2.29 bits per heavy atom. The highest BCUT2D eigenvalue weighted by atomic mass is 35.5. The maximum absolute atomic E-state index is 11.5. The molecule has 0 atom stereocenters. The van der Waals surface area contributed by atoms with Crippen molar-refractivity contribution >= 4 is 22.5 Å². The molecule has 0 aliphatic rings. The molecular weight excluding hydrogens is 202 g/mol. The third kappa shape index (κ3) is 1.37. The molecule has 72 valence electrons. The Labute approximate surface area is 85.2 Å². The van der Waals surface area contributed by atoms with Crippen LogP contribution in [-0.2, 0) is 7.05 Å². The van der Waals surface area contributed by atoms with E-state index >= 15 is 0 Å². The van der Waals surface area contributed by atoms with Crippen molar-refractivity contribution in [2.45, 2.75) is 6.92 Å². The van der Waals surface area contributed by atoms with Gasteiger partial charge in [-0.3, -0.25) is 4.79 Å². The lowest BCUT2D eigenvalue weighted by atomic mass is 10.3. The summed E-state index contributed by atoms with van der Waals surface area (Å²) < 4.78 is 1.72. The minimum Gasteiger partial charge on any atom is -0.310 e. The van der Waals surface area contributed by atoms with Gasteiger partial charge in [0.1, 0.15) is 18.4 Å². The SMILES string of the molecule is Cc1nc2c[n+](C)c(Cl)cc2c(=O)[nH]1. The average Bonchev–Trinajstić information content (AvgIpc) is 2.08. The Balaban J connectivity index is 2.96. The zero-order chi connectivity index (χ0) is 10.3. The second-order valence-corrected chi connectivity index (χ2v) is 3.54. The van der Waals surface area contributed by atoms with Crippen LogP contribution in [0.3, 0.4) is 0 Å². The Kier molecular flexibility index (Phi) is 2.00. The van der Waals surface area contributed by atoms with Gasteiger partial charge < -0.3 is 4.98 Å². The highest BCUT2D eigenvalue weighted by Gasteiger charge is 2.09. The van der Waals surface area contributed by atoms with E-state index in [1.165, 1.54) is 0 Å². The predicted octanol–water partition coefficient (Wildman–Crippen LogP) is 0.709. The molecule has 0 fully saturated rings. The number of hydrogen-bond acceptors (Lipinski definition) is 2. The third-order valence-corrected chi connectivity index (χ3v) is 2.40. The first-order valence-corrected chi connectivity index (χ1v) is 4.51. The highest BCUT2D eigenvalue weighted by molar-refractivity contribution is 6.29. The smallest absolute Gasteiger partial charge is 0.275 e. The highest BCUT2D eigenvalue weighted by Crippen LogP contribution is 2.08. The number of H-pyrrole nitrogens is 1. The molecule has 2 aromatic heterocycles. The van der Waals surface area contributed by atoms with Gasteiger partial charge >= 0.3 is 0 Å². The lowest BCUT2D eigenvalue weighted by Gasteiger charge is -1.97. The van der Waals surface area contributed by atoms with E-state index in [4.69, 9.17) is 11.6 Å². The summed E-state index contributed by atoms with van der Waals surface area (Å²) in [6, 6.07) is 1.61. The van der Waals surface area contributed by atoms with Gasteiger partial charge in [0.2, 0.25) is 0 Å². The number of rotatable bonds is 0. The van der Waals surface area contributed by atoms with Crippen LogP contribution in [-0.4, -0.2) is 9.97 Å². The average molecular weight is 211 g/mol. The van der Waals surface area contributed by atoms with Gasteiger partial charge in [-0.2, -0.15) is 4.57 Å². The molecule has 1 N–H and O–H groups in total. The van der Waals surface area contributed by atoms with Gasteiger partial charge in [0.25, 0.3) is 10.7 Å². The lowest BCUT2D eigenvalue weighted by Crippen LogP contribution is -2.29. The van der Waals surface area contributed by atoms with Crippen LogP contribution < -0.4 is 10.1 Å². The minimum absolute atomic E-state index is 0.157. The van der Waals surface area contributed by atoms with Crippen LogP contribution in [0.2, 0.25) is 5.15 Å². The van der Waals surface area contributed by atoms with E-state index in [1.807, 2.05) is 0 Å². The second-order valence-electron chi connectivity index (χ2n) is 3.16. The van der Waals surface area contributed by atoms with Crippen LogP contribution in [0.4, 0.5) is 0 Å². The predicted molar refractivity (Wildman–Crippen MR) is 53.3 cm³/mol. The summed E-state index contributed by atoms with van der Waals surface area (Å²) in [5.74, 6) is 0.602. The molecule has 0 radical (unpaired) electrons. The summed E-state index contributed by atoms with van der Waals surface area (Å²) in [7, 11) is 1.81. The summed E-state index contributed by atoms with van der Waals surface area (Å²) in [5, 5.41) is 1.02. The van der Waals surface area contributed by atoms with Crippen molar-refractivity contribution in [2.75, 3.05) is 0 Å². The molecule has 0 saturated carbocycles. The molecule has 14 heavy (non-hydrogen) atoms. The summed E-state index contributed by atoms with van der Waals surface area (Å²) in [4.78, 5) is 18.3. The minimum atomic E-state index is -0.157. The van der Waals surface area contributed by atoms with E-state index in [2.05, 4.69) is 9.97 Å². The molecule has 5 heteroatoms. The van der Waals surface area contributed by atoms with Crippen LogP contribution in [0.5, 0.6) is 0 Å². The maximum atomic E-state index is 11.5. The fraction of sp³-hybridized carbons (Fsp3) is 0.222. The van der Waals surface area contributed by atoms with Gasteiger partial charge in [0.05, 0.1) is 5.39 Å². The standard InChI is InChI=1S/C9H8ClN3O/c1-5-11-7-4-13(2)8(10)3-6(7)9(14)12-5/h3-4H,1-2H3/p+1. The van der Waals surface area contributed by atoms with Crippen LogP contribution in [0.15, 0.2) is 17.1 Å². The largest absolute Gasteiger partial charge is 0.310 e. The van der Waals surface area contributed by atoms with Crippen molar-refractivity contribution in [3.05, 3.63) is 33.6 Å². The van der Waals surface area contributed by atoms with Gasteiger partial charge in [-0.05, 0) is 18.5 Å². The van der Waals surface area contributed by atoms with E-state index in [-0.39, 0.29) is 5.56 Å². The molecular formula is C9H9ClN3O+. The van der Waals surface area contributed by atoms with Crippen molar-refractivity contribution < 1.29 is 4.57 Å². The van der Waals surface area contributed by atoms with Crippen LogP contribution in [0, 0.1) is 6.92 Å². The lowest BCUT2D eigenvalue weighted by molar-refractivity contribution is -0.668. The maximum Gasteiger partial charge on any atom is 0.275 e. The molecule has 2 heterocycles. The summed E-state index contributed by atoms with van der Waals surface area (Å²) >= 11 is 5.88. The number of aromatic amines is 1. The van der Waals surface area contributed by atoms with Gasteiger partial charge in [-0.15, -0.1) is 0 Å². The molecule has 0 spiro atoms. The van der Waals surface area contributed by atoms with Gasteiger partial charge in [-0.25, -0.2) is 4.98 Å². The van der Waals surface area contributed by atoms with E-state index < -0.39 is 0 Å². The Morgan fingerprint density at radius 1 is 1.57 bits per heavy atom. The second kappa shape index (κ2) is 3.06. The first kappa shape index (κ1) is 9.15. The van der Waals surface area contributed by atoms with E-state index in [1.54, 1.807) is 30.8 Å². The van der Waals surface area contributed by atoms with E-state index in [0.29, 0.717) is 21.9 Å². The van der Waals surface area contributed by atoms with Crippen LogP contribution >= 0.6 is 11.6 Å². The van der Waals surface area contributed by atoms with Crippen LogP contribution in [0.25, 0.3) is 10.9 Å². The molecule has 0 bridgehead atoms. The molecule has 2 aromatic rings.